The standard InChI is InChI=1S/C9H9BrN4/c10-8-2-1-3-9(7(8)6-11)14-12-4-5-13-14/h1-5H,6,11H2. The fourth-order valence-corrected chi connectivity index (χ4v) is 1.79. The van der Waals surface area contributed by atoms with Gasteiger partial charge in [-0.3, -0.25) is 0 Å². The highest BCUT2D eigenvalue weighted by atomic mass is 79.9. The molecule has 2 rings (SSSR count). The van der Waals surface area contributed by atoms with Crippen LogP contribution in [0.3, 0.4) is 0 Å². The van der Waals surface area contributed by atoms with E-state index in [0.717, 1.165) is 15.7 Å². The van der Waals surface area contributed by atoms with Gasteiger partial charge in [0.1, 0.15) is 0 Å². The molecule has 4 nitrogen and oxygen atoms in total. The van der Waals surface area contributed by atoms with Gasteiger partial charge in [-0.2, -0.15) is 15.0 Å². The Balaban J connectivity index is 2.58. The highest BCUT2D eigenvalue weighted by molar-refractivity contribution is 9.10. The second kappa shape index (κ2) is 3.89. The van der Waals surface area contributed by atoms with E-state index < -0.39 is 0 Å². The van der Waals surface area contributed by atoms with Gasteiger partial charge in [-0.25, -0.2) is 0 Å². The average molecular weight is 253 g/mol. The maximum absolute atomic E-state index is 5.66. The summed E-state index contributed by atoms with van der Waals surface area (Å²) in [6.07, 6.45) is 3.28. The molecule has 0 bridgehead atoms. The van der Waals surface area contributed by atoms with Gasteiger partial charge in [0, 0.05) is 16.6 Å². The van der Waals surface area contributed by atoms with Crippen LogP contribution in [-0.4, -0.2) is 15.0 Å². The highest BCUT2D eigenvalue weighted by Gasteiger charge is 2.07. The molecule has 1 heterocycles. The molecule has 0 aliphatic rings. The van der Waals surface area contributed by atoms with Crippen LogP contribution in [0.1, 0.15) is 5.56 Å². The molecular weight excluding hydrogens is 244 g/mol. The Hall–Kier alpha value is -1.20. The molecule has 0 spiro atoms. The van der Waals surface area contributed by atoms with Crippen molar-refractivity contribution in [3.8, 4) is 5.69 Å². The Morgan fingerprint density at radius 2 is 2.00 bits per heavy atom. The summed E-state index contributed by atoms with van der Waals surface area (Å²) in [5.41, 5.74) is 7.57. The lowest BCUT2D eigenvalue weighted by atomic mass is 10.2. The Morgan fingerprint density at radius 1 is 1.29 bits per heavy atom. The van der Waals surface area contributed by atoms with Crippen molar-refractivity contribution in [2.24, 2.45) is 5.73 Å². The number of hydrogen-bond acceptors (Lipinski definition) is 3. The maximum Gasteiger partial charge on any atom is 0.0912 e. The van der Waals surface area contributed by atoms with E-state index >= 15 is 0 Å². The molecule has 0 unspecified atom stereocenters. The molecule has 14 heavy (non-hydrogen) atoms. The SMILES string of the molecule is NCc1c(Br)cccc1-n1nccn1. The predicted octanol–water partition coefficient (Wildman–Crippen LogP) is 1.49. The monoisotopic (exact) mass is 252 g/mol. The van der Waals surface area contributed by atoms with E-state index in [0.29, 0.717) is 6.54 Å². The van der Waals surface area contributed by atoms with Crippen molar-refractivity contribution < 1.29 is 0 Å². The molecule has 2 aromatic rings. The van der Waals surface area contributed by atoms with E-state index in [1.807, 2.05) is 18.2 Å². The van der Waals surface area contributed by atoms with Crippen LogP contribution in [0, 0.1) is 0 Å². The summed E-state index contributed by atoms with van der Waals surface area (Å²) in [6, 6.07) is 5.82. The van der Waals surface area contributed by atoms with Crippen molar-refractivity contribution in [2.45, 2.75) is 6.54 Å². The fraction of sp³-hybridized carbons (Fsp3) is 0.111. The van der Waals surface area contributed by atoms with Crippen LogP contribution in [0.25, 0.3) is 5.69 Å². The quantitative estimate of drug-likeness (QED) is 0.882. The second-order valence-electron chi connectivity index (χ2n) is 2.76. The first kappa shape index (κ1) is 9.36. The van der Waals surface area contributed by atoms with Crippen LogP contribution < -0.4 is 5.73 Å². The third-order valence-corrected chi connectivity index (χ3v) is 2.68. The molecule has 0 aliphatic carbocycles. The first-order valence-electron chi connectivity index (χ1n) is 4.17. The van der Waals surface area contributed by atoms with Gasteiger partial charge in [0.25, 0.3) is 0 Å². The van der Waals surface area contributed by atoms with Crippen LogP contribution in [0.5, 0.6) is 0 Å². The normalized spacial score (nSPS) is 10.4. The molecule has 1 aromatic heterocycles. The van der Waals surface area contributed by atoms with Crippen LogP contribution in [0.15, 0.2) is 35.1 Å². The number of benzene rings is 1. The Kier molecular flexibility index (Phi) is 2.60. The summed E-state index contributed by atoms with van der Waals surface area (Å²) in [7, 11) is 0. The van der Waals surface area contributed by atoms with E-state index in [1.54, 1.807) is 17.2 Å². The van der Waals surface area contributed by atoms with Crippen molar-refractivity contribution in [2.75, 3.05) is 0 Å². The molecule has 72 valence electrons. The number of aromatic nitrogens is 3. The lowest BCUT2D eigenvalue weighted by Crippen LogP contribution is -2.07. The van der Waals surface area contributed by atoms with Crippen LogP contribution in [0.4, 0.5) is 0 Å². The minimum absolute atomic E-state index is 0.457. The first-order valence-corrected chi connectivity index (χ1v) is 4.96. The smallest absolute Gasteiger partial charge is 0.0912 e. The maximum atomic E-state index is 5.66. The van der Waals surface area contributed by atoms with Gasteiger partial charge in [0.05, 0.1) is 18.1 Å². The topological polar surface area (TPSA) is 56.7 Å². The summed E-state index contributed by atoms with van der Waals surface area (Å²) in [5, 5.41) is 8.13. The minimum Gasteiger partial charge on any atom is -0.326 e. The fourth-order valence-electron chi connectivity index (χ4n) is 1.28. The first-order chi connectivity index (χ1) is 6.83. The lowest BCUT2D eigenvalue weighted by molar-refractivity contribution is 0.740. The summed E-state index contributed by atoms with van der Waals surface area (Å²) in [5.74, 6) is 0. The van der Waals surface area contributed by atoms with Gasteiger partial charge in [-0.05, 0) is 12.1 Å². The molecule has 0 saturated carbocycles. The molecule has 2 N–H and O–H groups in total. The zero-order chi connectivity index (χ0) is 9.97. The number of rotatable bonds is 2. The molecule has 0 atom stereocenters. The zero-order valence-electron chi connectivity index (χ0n) is 7.39. The molecule has 0 aliphatic heterocycles. The molecule has 0 saturated heterocycles. The van der Waals surface area contributed by atoms with Crippen molar-refractivity contribution in [1.29, 1.82) is 0 Å². The van der Waals surface area contributed by atoms with E-state index in [9.17, 15) is 0 Å². The largest absolute Gasteiger partial charge is 0.326 e. The van der Waals surface area contributed by atoms with Gasteiger partial charge in [-0.1, -0.05) is 22.0 Å². The van der Waals surface area contributed by atoms with Gasteiger partial charge < -0.3 is 5.73 Å². The van der Waals surface area contributed by atoms with Gasteiger partial charge in [0.2, 0.25) is 0 Å². The Labute approximate surface area is 89.9 Å². The van der Waals surface area contributed by atoms with Crippen LogP contribution in [-0.2, 0) is 6.54 Å². The summed E-state index contributed by atoms with van der Waals surface area (Å²) in [6.45, 7) is 0.457. The summed E-state index contributed by atoms with van der Waals surface area (Å²) in [4.78, 5) is 1.56. The van der Waals surface area contributed by atoms with E-state index in [2.05, 4.69) is 26.1 Å². The third-order valence-electron chi connectivity index (χ3n) is 1.93. The van der Waals surface area contributed by atoms with Crippen molar-refractivity contribution >= 4 is 15.9 Å². The summed E-state index contributed by atoms with van der Waals surface area (Å²) >= 11 is 3.44. The third kappa shape index (κ3) is 1.56. The average Bonchev–Trinajstić information content (AvgIpc) is 2.70. The van der Waals surface area contributed by atoms with Crippen molar-refractivity contribution in [3.05, 3.63) is 40.6 Å². The van der Waals surface area contributed by atoms with Crippen molar-refractivity contribution in [3.63, 3.8) is 0 Å². The second-order valence-corrected chi connectivity index (χ2v) is 3.61. The number of hydrogen-bond donors (Lipinski definition) is 1. The molecule has 1 aromatic carbocycles. The Morgan fingerprint density at radius 3 is 2.64 bits per heavy atom. The van der Waals surface area contributed by atoms with Gasteiger partial charge in [-0.15, -0.1) is 0 Å². The zero-order valence-corrected chi connectivity index (χ0v) is 8.98. The summed E-state index contributed by atoms with van der Waals surface area (Å²) < 4.78 is 0.981. The number of halogens is 1. The van der Waals surface area contributed by atoms with Crippen molar-refractivity contribution in [1.82, 2.24) is 15.0 Å². The molecule has 0 radical (unpaired) electrons. The van der Waals surface area contributed by atoms with Crippen LogP contribution >= 0.6 is 15.9 Å². The Bertz CT molecular complexity index is 424. The highest BCUT2D eigenvalue weighted by Crippen LogP contribution is 2.21. The minimum atomic E-state index is 0.457. The van der Waals surface area contributed by atoms with E-state index in [4.69, 9.17) is 5.73 Å². The van der Waals surface area contributed by atoms with Gasteiger partial charge >= 0.3 is 0 Å². The van der Waals surface area contributed by atoms with Gasteiger partial charge in [0.15, 0.2) is 0 Å². The van der Waals surface area contributed by atoms with E-state index in [1.165, 1.54) is 0 Å². The molecular formula is C9H9BrN4. The predicted molar refractivity (Wildman–Crippen MR) is 57.0 cm³/mol. The van der Waals surface area contributed by atoms with Crippen LogP contribution in [0.2, 0.25) is 0 Å². The number of nitrogens with zero attached hydrogens (tertiary/aromatic N) is 3. The molecule has 0 fully saturated rings. The molecule has 0 amide bonds. The van der Waals surface area contributed by atoms with E-state index in [-0.39, 0.29) is 0 Å². The lowest BCUT2D eigenvalue weighted by Gasteiger charge is -2.07. The number of nitrogens with two attached hydrogens (primary N) is 1. The molecule has 5 heteroatoms.